The van der Waals surface area contributed by atoms with Crippen LogP contribution in [0.5, 0.6) is 0 Å². The average Bonchev–Trinajstić information content (AvgIpc) is 3.21. The number of nitrogens with one attached hydrogen (secondary N) is 1. The van der Waals surface area contributed by atoms with E-state index in [1.54, 1.807) is 11.6 Å². The summed E-state index contributed by atoms with van der Waals surface area (Å²) in [6.45, 7) is 6.47. The zero-order chi connectivity index (χ0) is 21.1. The Kier molecular flexibility index (Phi) is 6.13. The van der Waals surface area contributed by atoms with Crippen LogP contribution in [0.1, 0.15) is 38.7 Å². The summed E-state index contributed by atoms with van der Waals surface area (Å²) in [7, 11) is 1.69. The van der Waals surface area contributed by atoms with E-state index in [1.807, 2.05) is 56.4 Å². The van der Waals surface area contributed by atoms with Gasteiger partial charge < -0.3 is 10.7 Å². The summed E-state index contributed by atoms with van der Waals surface area (Å²) >= 11 is 6.05. The lowest BCUT2D eigenvalue weighted by Gasteiger charge is -2.07. The fraction of sp³-hybridized carbons (Fsp3) is 0.273. The maximum atomic E-state index is 12.6. The fourth-order valence-electron chi connectivity index (χ4n) is 3.16. The number of imidazole rings is 2. The van der Waals surface area contributed by atoms with E-state index in [0.717, 1.165) is 40.1 Å². The number of benzene rings is 1. The first-order chi connectivity index (χ1) is 13.8. The zero-order valence-corrected chi connectivity index (χ0v) is 17.9. The monoisotopic (exact) mass is 411 g/mol. The van der Waals surface area contributed by atoms with Crippen LogP contribution in [0.3, 0.4) is 0 Å². The number of aromatic amines is 1. The van der Waals surface area contributed by atoms with Gasteiger partial charge in [-0.05, 0) is 50.1 Å². The van der Waals surface area contributed by atoms with Gasteiger partial charge in [-0.2, -0.15) is 0 Å². The van der Waals surface area contributed by atoms with E-state index in [2.05, 4.69) is 16.9 Å². The van der Waals surface area contributed by atoms with Gasteiger partial charge in [0.25, 0.3) is 0 Å². The molecule has 0 amide bonds. The van der Waals surface area contributed by atoms with Gasteiger partial charge in [-0.1, -0.05) is 42.3 Å². The minimum Gasteiger partial charge on any atom is -0.383 e. The summed E-state index contributed by atoms with van der Waals surface area (Å²) < 4.78 is 3.18. The third-order valence-electron chi connectivity index (χ3n) is 4.96. The molecule has 0 atom stereocenters. The molecule has 3 rings (SSSR count). The molecule has 0 aliphatic rings. The molecule has 3 N–H and O–H groups in total. The van der Waals surface area contributed by atoms with Crippen molar-refractivity contribution in [3.63, 3.8) is 0 Å². The number of anilines is 1. The first kappa shape index (κ1) is 20.7. The van der Waals surface area contributed by atoms with Crippen LogP contribution in [0.2, 0.25) is 5.02 Å². The molecular formula is C22H26ClN5O. The van der Waals surface area contributed by atoms with Crippen molar-refractivity contribution in [3.8, 4) is 0 Å². The van der Waals surface area contributed by atoms with Crippen molar-refractivity contribution in [3.05, 3.63) is 69.0 Å². The largest absolute Gasteiger partial charge is 0.383 e. The highest BCUT2D eigenvalue weighted by Crippen LogP contribution is 2.21. The predicted molar refractivity (Wildman–Crippen MR) is 122 cm³/mol. The quantitative estimate of drug-likeness (QED) is 0.573. The second-order valence-corrected chi connectivity index (χ2v) is 7.41. The summed E-state index contributed by atoms with van der Waals surface area (Å²) in [4.78, 5) is 20.5. The third kappa shape index (κ3) is 4.22. The van der Waals surface area contributed by atoms with Crippen molar-refractivity contribution in [1.82, 2.24) is 19.1 Å². The molecule has 2 heterocycles. The smallest absolute Gasteiger partial charge is 0.330 e. The lowest BCUT2D eigenvalue weighted by Crippen LogP contribution is -2.24. The third-order valence-corrected chi connectivity index (χ3v) is 5.19. The predicted octanol–water partition coefficient (Wildman–Crippen LogP) is 4.77. The van der Waals surface area contributed by atoms with Gasteiger partial charge >= 0.3 is 5.69 Å². The molecule has 0 saturated heterocycles. The van der Waals surface area contributed by atoms with E-state index in [4.69, 9.17) is 17.3 Å². The van der Waals surface area contributed by atoms with E-state index < -0.39 is 0 Å². The van der Waals surface area contributed by atoms with Crippen LogP contribution in [0, 0.1) is 0 Å². The fourth-order valence-corrected chi connectivity index (χ4v) is 3.33. The van der Waals surface area contributed by atoms with Crippen molar-refractivity contribution in [2.75, 3.05) is 5.73 Å². The topological polar surface area (TPSA) is 81.6 Å². The summed E-state index contributed by atoms with van der Waals surface area (Å²) in [5.74, 6) is 1.26. The summed E-state index contributed by atoms with van der Waals surface area (Å²) in [5.41, 5.74) is 10.6. The van der Waals surface area contributed by atoms with Crippen LogP contribution in [0.15, 0.2) is 46.8 Å². The molecule has 0 aliphatic carbocycles. The van der Waals surface area contributed by atoms with Crippen LogP contribution >= 0.6 is 11.6 Å². The standard InChI is InChI=1S/C22H26ClN5O/c1-5-7-19-20(24)27(4)22(29)28(19)13-15(6-2)9-8-14(3)21-25-17-11-10-16(23)12-18(17)26-21/h5,7-12H,6,13,24H2,1-4H3,(H,25,26)/b7-5-,14-8+,15-9+. The molecule has 0 saturated carbocycles. The molecule has 7 heteroatoms. The highest BCUT2D eigenvalue weighted by Gasteiger charge is 2.13. The first-order valence-corrected chi connectivity index (χ1v) is 9.93. The van der Waals surface area contributed by atoms with Gasteiger partial charge in [0.2, 0.25) is 0 Å². The number of halogens is 1. The summed E-state index contributed by atoms with van der Waals surface area (Å²) in [6, 6.07) is 5.59. The lowest BCUT2D eigenvalue weighted by atomic mass is 10.1. The Bertz CT molecular complexity index is 1190. The van der Waals surface area contributed by atoms with Crippen molar-refractivity contribution in [2.45, 2.75) is 33.7 Å². The van der Waals surface area contributed by atoms with Crippen LogP contribution in [0.4, 0.5) is 5.82 Å². The van der Waals surface area contributed by atoms with Gasteiger partial charge in [0, 0.05) is 18.6 Å². The highest BCUT2D eigenvalue weighted by molar-refractivity contribution is 6.31. The maximum Gasteiger partial charge on any atom is 0.330 e. The molecule has 6 nitrogen and oxygen atoms in total. The van der Waals surface area contributed by atoms with Crippen LogP contribution in [0.25, 0.3) is 22.7 Å². The molecule has 3 aromatic rings. The van der Waals surface area contributed by atoms with E-state index in [9.17, 15) is 4.79 Å². The second-order valence-electron chi connectivity index (χ2n) is 6.97. The van der Waals surface area contributed by atoms with Gasteiger partial charge in [0.05, 0.1) is 16.7 Å². The number of rotatable bonds is 6. The molecule has 152 valence electrons. The zero-order valence-electron chi connectivity index (χ0n) is 17.2. The van der Waals surface area contributed by atoms with Gasteiger partial charge in [-0.15, -0.1) is 0 Å². The van der Waals surface area contributed by atoms with Crippen LogP contribution < -0.4 is 11.4 Å². The molecule has 1 aromatic carbocycles. The van der Waals surface area contributed by atoms with Gasteiger partial charge in [-0.3, -0.25) is 9.13 Å². The molecule has 0 bridgehead atoms. The molecular weight excluding hydrogens is 386 g/mol. The Morgan fingerprint density at radius 1 is 1.34 bits per heavy atom. The van der Waals surface area contributed by atoms with Gasteiger partial charge in [-0.25, -0.2) is 9.78 Å². The SMILES string of the molecule is C/C=C\c1c(N)n(C)c(=O)n1C/C(=C/C=C(\C)c1nc2ccc(Cl)cc2[nH]1)CC. The molecule has 29 heavy (non-hydrogen) atoms. The summed E-state index contributed by atoms with van der Waals surface area (Å²) in [6.07, 6.45) is 8.63. The molecule has 0 unspecified atom stereocenters. The van der Waals surface area contributed by atoms with E-state index in [1.165, 1.54) is 4.57 Å². The molecule has 2 aromatic heterocycles. The average molecular weight is 412 g/mol. The molecule has 0 radical (unpaired) electrons. The Hall–Kier alpha value is -2.99. The normalized spacial score (nSPS) is 13.1. The molecule has 0 fully saturated rings. The van der Waals surface area contributed by atoms with E-state index >= 15 is 0 Å². The maximum absolute atomic E-state index is 12.6. The van der Waals surface area contributed by atoms with Crippen molar-refractivity contribution >= 4 is 40.1 Å². The van der Waals surface area contributed by atoms with Gasteiger partial charge in [0.15, 0.2) is 0 Å². The summed E-state index contributed by atoms with van der Waals surface area (Å²) in [5, 5.41) is 0.673. The van der Waals surface area contributed by atoms with Gasteiger partial charge in [0.1, 0.15) is 11.6 Å². The van der Waals surface area contributed by atoms with Crippen molar-refractivity contribution in [2.24, 2.45) is 7.05 Å². The highest BCUT2D eigenvalue weighted by atomic mass is 35.5. The van der Waals surface area contributed by atoms with Crippen molar-refractivity contribution < 1.29 is 0 Å². The van der Waals surface area contributed by atoms with E-state index in [0.29, 0.717) is 17.4 Å². The number of allylic oxidation sites excluding steroid dienone is 5. The van der Waals surface area contributed by atoms with Crippen LogP contribution in [-0.4, -0.2) is 19.1 Å². The molecule has 0 spiro atoms. The second kappa shape index (κ2) is 8.57. The first-order valence-electron chi connectivity index (χ1n) is 9.55. The minimum atomic E-state index is -0.121. The number of hydrogen-bond acceptors (Lipinski definition) is 3. The number of nitrogens with zero attached hydrogens (tertiary/aromatic N) is 3. The Labute approximate surface area is 175 Å². The number of nitrogen functional groups attached to an aromatic ring is 1. The van der Waals surface area contributed by atoms with Crippen LogP contribution in [-0.2, 0) is 13.6 Å². The Morgan fingerprint density at radius 3 is 2.79 bits per heavy atom. The Morgan fingerprint density at radius 2 is 2.10 bits per heavy atom. The number of hydrogen-bond donors (Lipinski definition) is 2. The number of nitrogens with two attached hydrogens (primary N) is 1. The number of aromatic nitrogens is 4. The number of fused-ring (bicyclic) bond motifs is 1. The molecule has 0 aliphatic heterocycles. The van der Waals surface area contributed by atoms with E-state index in [-0.39, 0.29) is 5.69 Å². The lowest BCUT2D eigenvalue weighted by molar-refractivity contribution is 0.692. The van der Waals surface area contributed by atoms with Crippen molar-refractivity contribution in [1.29, 1.82) is 0 Å². The minimum absolute atomic E-state index is 0.121. The Balaban J connectivity index is 1.92. The number of H-pyrrole nitrogens is 1.